The first-order valence-corrected chi connectivity index (χ1v) is 7.62. The van der Waals surface area contributed by atoms with E-state index in [1.54, 1.807) is 0 Å². The molecule has 1 aromatic rings. The van der Waals surface area contributed by atoms with Crippen LogP contribution in [0.25, 0.3) is 0 Å². The van der Waals surface area contributed by atoms with Crippen molar-refractivity contribution in [3.63, 3.8) is 0 Å². The number of rotatable bonds is 4. The van der Waals surface area contributed by atoms with Gasteiger partial charge in [0.15, 0.2) is 0 Å². The number of anilines is 1. The highest BCUT2D eigenvalue weighted by Crippen LogP contribution is 2.24. The first kappa shape index (κ1) is 14.3. The van der Waals surface area contributed by atoms with Crippen LogP contribution < -0.4 is 10.2 Å². The zero-order valence-corrected chi connectivity index (χ0v) is 12.5. The van der Waals surface area contributed by atoms with Gasteiger partial charge in [-0.25, -0.2) is 0 Å². The van der Waals surface area contributed by atoms with Gasteiger partial charge >= 0.3 is 0 Å². The smallest absolute Gasteiger partial charge is 0.0562 e. The molecule has 1 aliphatic heterocycles. The largest absolute Gasteiger partial charge is 0.369 e. The average Bonchev–Trinajstić information content (AvgIpc) is 2.61. The molecule has 3 nitrogen and oxygen atoms in total. The third-order valence-corrected chi connectivity index (χ3v) is 3.88. The summed E-state index contributed by atoms with van der Waals surface area (Å²) in [7, 11) is 0. The van der Waals surface area contributed by atoms with Crippen molar-refractivity contribution < 1.29 is 0 Å². The second kappa shape index (κ2) is 6.90. The monoisotopic (exact) mass is 261 g/mol. The van der Waals surface area contributed by atoms with E-state index in [0.29, 0.717) is 12.1 Å². The summed E-state index contributed by atoms with van der Waals surface area (Å²) in [4.78, 5) is 7.01. The van der Waals surface area contributed by atoms with E-state index in [-0.39, 0.29) is 0 Å². The van der Waals surface area contributed by atoms with Crippen molar-refractivity contribution in [2.75, 3.05) is 11.4 Å². The number of pyridine rings is 1. The van der Waals surface area contributed by atoms with Gasteiger partial charge in [0.2, 0.25) is 0 Å². The van der Waals surface area contributed by atoms with E-state index in [0.717, 1.165) is 12.2 Å². The minimum absolute atomic E-state index is 0.502. The normalized spacial score (nSPS) is 20.6. The number of nitrogens with zero attached hydrogens (tertiary/aromatic N) is 2. The minimum Gasteiger partial charge on any atom is -0.369 e. The summed E-state index contributed by atoms with van der Waals surface area (Å²) in [6.45, 7) is 8.72. The van der Waals surface area contributed by atoms with Crippen LogP contribution in [0.1, 0.15) is 52.1 Å². The van der Waals surface area contributed by atoms with E-state index in [2.05, 4.69) is 48.1 Å². The molecule has 0 aromatic carbocycles. The first-order valence-electron chi connectivity index (χ1n) is 7.62. The highest BCUT2D eigenvalue weighted by Gasteiger charge is 2.17. The predicted molar refractivity (Wildman–Crippen MR) is 81.5 cm³/mol. The average molecular weight is 261 g/mol. The zero-order chi connectivity index (χ0) is 13.7. The Labute approximate surface area is 117 Å². The van der Waals surface area contributed by atoms with Gasteiger partial charge in [-0.05, 0) is 31.9 Å². The van der Waals surface area contributed by atoms with E-state index in [1.165, 1.54) is 37.9 Å². The summed E-state index contributed by atoms with van der Waals surface area (Å²) < 4.78 is 0. The second-order valence-electron chi connectivity index (χ2n) is 5.93. The minimum atomic E-state index is 0.502. The molecule has 0 spiro atoms. The van der Waals surface area contributed by atoms with Gasteiger partial charge in [0.25, 0.3) is 0 Å². The molecule has 1 N–H and O–H groups in total. The van der Waals surface area contributed by atoms with Crippen LogP contribution >= 0.6 is 0 Å². The molecule has 0 bridgehead atoms. The Morgan fingerprint density at radius 3 is 3.00 bits per heavy atom. The summed E-state index contributed by atoms with van der Waals surface area (Å²) in [5.41, 5.74) is 2.48. The van der Waals surface area contributed by atoms with Crippen molar-refractivity contribution in [2.45, 2.75) is 65.1 Å². The Hall–Kier alpha value is -1.09. The Morgan fingerprint density at radius 2 is 2.21 bits per heavy atom. The lowest BCUT2D eigenvalue weighted by molar-refractivity contribution is 0.580. The molecule has 2 rings (SSSR count). The SMILES string of the molecule is CC(C)NCc1cc(N2CCCCCC2C)ccn1. The van der Waals surface area contributed by atoms with Gasteiger partial charge in [0.1, 0.15) is 0 Å². The van der Waals surface area contributed by atoms with E-state index in [4.69, 9.17) is 0 Å². The lowest BCUT2D eigenvalue weighted by Gasteiger charge is -2.29. The fraction of sp³-hybridized carbons (Fsp3) is 0.688. The van der Waals surface area contributed by atoms with Gasteiger partial charge in [0.05, 0.1) is 5.69 Å². The molecule has 19 heavy (non-hydrogen) atoms. The van der Waals surface area contributed by atoms with Gasteiger partial charge in [0, 0.05) is 37.1 Å². The van der Waals surface area contributed by atoms with E-state index >= 15 is 0 Å². The van der Waals surface area contributed by atoms with Crippen LogP contribution in [0.15, 0.2) is 18.3 Å². The molecule has 1 saturated heterocycles. The van der Waals surface area contributed by atoms with Gasteiger partial charge < -0.3 is 10.2 Å². The molecule has 0 saturated carbocycles. The Balaban J connectivity index is 2.08. The van der Waals surface area contributed by atoms with E-state index < -0.39 is 0 Å². The molecular weight excluding hydrogens is 234 g/mol. The van der Waals surface area contributed by atoms with E-state index in [9.17, 15) is 0 Å². The highest BCUT2D eigenvalue weighted by atomic mass is 15.2. The van der Waals surface area contributed by atoms with Crippen LogP contribution in [0.3, 0.4) is 0 Å². The number of nitrogens with one attached hydrogen (secondary N) is 1. The molecule has 106 valence electrons. The molecule has 3 heteroatoms. The van der Waals surface area contributed by atoms with Crippen molar-refractivity contribution in [3.05, 3.63) is 24.0 Å². The molecule has 0 aliphatic carbocycles. The summed E-state index contributed by atoms with van der Waals surface area (Å²) in [6.07, 6.45) is 7.30. The number of hydrogen-bond acceptors (Lipinski definition) is 3. The van der Waals surface area contributed by atoms with Crippen molar-refractivity contribution in [2.24, 2.45) is 0 Å². The maximum atomic E-state index is 4.47. The summed E-state index contributed by atoms with van der Waals surface area (Å²) in [5.74, 6) is 0. The van der Waals surface area contributed by atoms with Crippen LogP contribution in [0.2, 0.25) is 0 Å². The first-order chi connectivity index (χ1) is 9.16. The molecule has 1 atom stereocenters. The van der Waals surface area contributed by atoms with Crippen LogP contribution in [0.5, 0.6) is 0 Å². The Morgan fingerprint density at radius 1 is 1.37 bits per heavy atom. The Bertz CT molecular complexity index is 389. The third kappa shape index (κ3) is 4.20. The lowest BCUT2D eigenvalue weighted by atomic mass is 10.1. The molecule has 0 amide bonds. The molecule has 1 aromatic heterocycles. The maximum Gasteiger partial charge on any atom is 0.0562 e. The maximum absolute atomic E-state index is 4.47. The van der Waals surface area contributed by atoms with Gasteiger partial charge in [-0.3, -0.25) is 4.98 Å². The molecule has 1 aliphatic rings. The number of hydrogen-bond donors (Lipinski definition) is 1. The number of aromatic nitrogens is 1. The summed E-state index contributed by atoms with van der Waals surface area (Å²) in [6, 6.07) is 5.55. The van der Waals surface area contributed by atoms with Crippen molar-refractivity contribution in [1.82, 2.24) is 10.3 Å². The standard InChI is InChI=1S/C16H27N3/c1-13(2)18-12-15-11-16(8-9-17-15)19-10-6-4-5-7-14(19)3/h8-9,11,13-14,18H,4-7,10,12H2,1-3H3. The summed E-state index contributed by atoms with van der Waals surface area (Å²) in [5, 5.41) is 3.43. The molecule has 0 radical (unpaired) electrons. The van der Waals surface area contributed by atoms with Gasteiger partial charge in [-0.2, -0.15) is 0 Å². The molecule has 2 heterocycles. The molecule has 1 unspecified atom stereocenters. The van der Waals surface area contributed by atoms with Crippen molar-refractivity contribution in [1.29, 1.82) is 0 Å². The summed E-state index contributed by atoms with van der Waals surface area (Å²) >= 11 is 0. The molecule has 1 fully saturated rings. The van der Waals surface area contributed by atoms with Crippen molar-refractivity contribution >= 4 is 5.69 Å². The van der Waals surface area contributed by atoms with Gasteiger partial charge in [-0.15, -0.1) is 0 Å². The van der Waals surface area contributed by atoms with Crippen LogP contribution in [0, 0.1) is 0 Å². The topological polar surface area (TPSA) is 28.2 Å². The second-order valence-corrected chi connectivity index (χ2v) is 5.93. The van der Waals surface area contributed by atoms with Gasteiger partial charge in [-0.1, -0.05) is 26.7 Å². The lowest BCUT2D eigenvalue weighted by Crippen LogP contribution is -2.32. The van der Waals surface area contributed by atoms with Crippen LogP contribution in [-0.4, -0.2) is 23.6 Å². The third-order valence-electron chi connectivity index (χ3n) is 3.88. The zero-order valence-electron chi connectivity index (χ0n) is 12.5. The molecular formula is C16H27N3. The van der Waals surface area contributed by atoms with Crippen LogP contribution in [0.4, 0.5) is 5.69 Å². The quantitative estimate of drug-likeness (QED) is 0.901. The van der Waals surface area contributed by atoms with Crippen LogP contribution in [-0.2, 0) is 6.54 Å². The Kier molecular flexibility index (Phi) is 5.20. The van der Waals surface area contributed by atoms with Crippen molar-refractivity contribution in [3.8, 4) is 0 Å². The highest BCUT2D eigenvalue weighted by molar-refractivity contribution is 5.47. The van der Waals surface area contributed by atoms with E-state index in [1.807, 2.05) is 6.20 Å². The fourth-order valence-corrected chi connectivity index (χ4v) is 2.71. The fourth-order valence-electron chi connectivity index (χ4n) is 2.71. The predicted octanol–water partition coefficient (Wildman–Crippen LogP) is 3.35.